The van der Waals surface area contributed by atoms with Crippen LogP contribution < -0.4 is 9.16 Å². The second-order valence-corrected chi connectivity index (χ2v) is 11.0. The van der Waals surface area contributed by atoms with E-state index in [9.17, 15) is 0 Å². The van der Waals surface area contributed by atoms with Crippen molar-refractivity contribution in [1.29, 1.82) is 0 Å². The standard InChI is InChI=1S/C16H26O2Si/c1-8-9-13-10-11-14(17-5)15(12-13)18-19(6,7)16(2,3)4/h8-12H,1-7H3/b9-8-. The number of ether oxygens (including phenoxy) is 1. The smallest absolute Gasteiger partial charge is 0.250 e. The summed E-state index contributed by atoms with van der Waals surface area (Å²) >= 11 is 0. The molecule has 0 heterocycles. The van der Waals surface area contributed by atoms with Crippen LogP contribution in [-0.2, 0) is 0 Å². The van der Waals surface area contributed by atoms with Gasteiger partial charge in [-0.25, -0.2) is 0 Å². The Morgan fingerprint density at radius 3 is 2.21 bits per heavy atom. The van der Waals surface area contributed by atoms with Gasteiger partial charge < -0.3 is 9.16 Å². The van der Waals surface area contributed by atoms with Gasteiger partial charge in [0.15, 0.2) is 5.75 Å². The lowest BCUT2D eigenvalue weighted by molar-refractivity contribution is 0.386. The quantitative estimate of drug-likeness (QED) is 0.712. The number of benzene rings is 1. The molecule has 0 atom stereocenters. The minimum absolute atomic E-state index is 0.175. The highest BCUT2D eigenvalue weighted by Gasteiger charge is 2.39. The molecule has 0 bridgehead atoms. The van der Waals surface area contributed by atoms with E-state index >= 15 is 0 Å². The van der Waals surface area contributed by atoms with Gasteiger partial charge in [-0.3, -0.25) is 0 Å². The molecule has 1 aromatic carbocycles. The largest absolute Gasteiger partial charge is 0.541 e. The average Bonchev–Trinajstić information content (AvgIpc) is 2.28. The van der Waals surface area contributed by atoms with Crippen molar-refractivity contribution in [3.63, 3.8) is 0 Å². The molecule has 1 rings (SSSR count). The zero-order chi connectivity index (χ0) is 14.7. The van der Waals surface area contributed by atoms with Gasteiger partial charge in [-0.05, 0) is 42.8 Å². The van der Waals surface area contributed by atoms with Crippen molar-refractivity contribution < 1.29 is 9.16 Å². The molecule has 2 nitrogen and oxygen atoms in total. The van der Waals surface area contributed by atoms with E-state index in [0.717, 1.165) is 17.1 Å². The predicted octanol–water partition coefficient (Wildman–Crippen LogP) is 5.11. The molecule has 0 unspecified atom stereocenters. The second-order valence-electron chi connectivity index (χ2n) is 6.27. The Morgan fingerprint density at radius 1 is 1.11 bits per heavy atom. The molecule has 106 valence electrons. The first-order valence-corrected chi connectivity index (χ1v) is 9.62. The van der Waals surface area contributed by atoms with Gasteiger partial charge in [0.25, 0.3) is 8.32 Å². The summed E-state index contributed by atoms with van der Waals surface area (Å²) in [6, 6.07) is 6.06. The Hall–Kier alpha value is -1.22. The molecule has 0 aliphatic heterocycles. The van der Waals surface area contributed by atoms with Crippen molar-refractivity contribution in [2.75, 3.05) is 7.11 Å². The Labute approximate surface area is 118 Å². The third kappa shape index (κ3) is 3.87. The molecule has 1 aromatic rings. The lowest BCUT2D eigenvalue weighted by Crippen LogP contribution is -2.43. The Balaban J connectivity index is 3.14. The van der Waals surface area contributed by atoms with Gasteiger partial charge in [0, 0.05) is 0 Å². The fourth-order valence-corrected chi connectivity index (χ4v) is 2.51. The Kier molecular flexibility index (Phi) is 4.85. The van der Waals surface area contributed by atoms with Gasteiger partial charge in [-0.1, -0.05) is 39.0 Å². The SMILES string of the molecule is C/C=C\c1ccc(OC)c(O[Si](C)(C)C(C)(C)C)c1. The normalized spacial score (nSPS) is 12.8. The van der Waals surface area contributed by atoms with E-state index < -0.39 is 8.32 Å². The van der Waals surface area contributed by atoms with Gasteiger partial charge in [-0.2, -0.15) is 0 Å². The third-order valence-electron chi connectivity index (χ3n) is 3.72. The molecular formula is C16H26O2Si. The van der Waals surface area contributed by atoms with Crippen LogP contribution in [0.2, 0.25) is 18.1 Å². The molecule has 0 N–H and O–H groups in total. The Morgan fingerprint density at radius 2 is 1.74 bits per heavy atom. The van der Waals surface area contributed by atoms with Gasteiger partial charge in [0.2, 0.25) is 0 Å². The molecule has 0 radical (unpaired) electrons. The molecule has 0 aliphatic rings. The van der Waals surface area contributed by atoms with Gasteiger partial charge in [-0.15, -0.1) is 0 Å². The minimum atomic E-state index is -1.84. The van der Waals surface area contributed by atoms with Gasteiger partial charge in [0.1, 0.15) is 5.75 Å². The first-order valence-electron chi connectivity index (χ1n) is 6.71. The summed E-state index contributed by atoms with van der Waals surface area (Å²) in [4.78, 5) is 0. The van der Waals surface area contributed by atoms with Crippen molar-refractivity contribution >= 4 is 14.4 Å². The van der Waals surface area contributed by atoms with Crippen molar-refractivity contribution in [1.82, 2.24) is 0 Å². The summed E-state index contributed by atoms with van der Waals surface area (Å²) in [6.07, 6.45) is 4.09. The van der Waals surface area contributed by atoms with Crippen LogP contribution in [0.25, 0.3) is 6.08 Å². The fourth-order valence-electron chi connectivity index (χ4n) is 1.50. The zero-order valence-corrected chi connectivity index (χ0v) is 14.2. The number of methoxy groups -OCH3 is 1. The minimum Gasteiger partial charge on any atom is -0.541 e. The van der Waals surface area contributed by atoms with Crippen molar-refractivity contribution in [3.8, 4) is 11.5 Å². The van der Waals surface area contributed by atoms with Gasteiger partial charge >= 0.3 is 0 Å². The first kappa shape index (κ1) is 15.8. The van der Waals surface area contributed by atoms with Crippen LogP contribution in [-0.4, -0.2) is 15.4 Å². The van der Waals surface area contributed by atoms with Crippen LogP contribution in [0.15, 0.2) is 24.3 Å². The molecule has 0 aromatic heterocycles. The van der Waals surface area contributed by atoms with Crippen LogP contribution in [0.5, 0.6) is 11.5 Å². The second kappa shape index (κ2) is 5.82. The molecule has 0 spiro atoms. The average molecular weight is 278 g/mol. The highest BCUT2D eigenvalue weighted by molar-refractivity contribution is 6.74. The topological polar surface area (TPSA) is 18.5 Å². The van der Waals surface area contributed by atoms with Crippen molar-refractivity contribution in [3.05, 3.63) is 29.8 Å². The number of rotatable bonds is 4. The van der Waals surface area contributed by atoms with Crippen LogP contribution in [0.4, 0.5) is 0 Å². The van der Waals surface area contributed by atoms with E-state index in [1.54, 1.807) is 7.11 Å². The lowest BCUT2D eigenvalue weighted by atomic mass is 10.2. The van der Waals surface area contributed by atoms with E-state index in [0.29, 0.717) is 0 Å². The summed E-state index contributed by atoms with van der Waals surface area (Å²) in [5.41, 5.74) is 1.14. The zero-order valence-electron chi connectivity index (χ0n) is 13.2. The molecule has 0 saturated carbocycles. The Bertz CT molecular complexity index is 456. The van der Waals surface area contributed by atoms with Gasteiger partial charge in [0.05, 0.1) is 7.11 Å². The number of hydrogen-bond donors (Lipinski definition) is 0. The van der Waals surface area contributed by atoms with Crippen molar-refractivity contribution in [2.45, 2.75) is 45.8 Å². The molecule has 0 amide bonds. The van der Waals surface area contributed by atoms with E-state index in [-0.39, 0.29) is 5.04 Å². The third-order valence-corrected chi connectivity index (χ3v) is 8.06. The van der Waals surface area contributed by atoms with E-state index in [2.05, 4.69) is 46.0 Å². The maximum absolute atomic E-state index is 6.36. The summed E-state index contributed by atoms with van der Waals surface area (Å²) in [5, 5.41) is 0.175. The molecule has 19 heavy (non-hydrogen) atoms. The molecule has 0 saturated heterocycles. The summed E-state index contributed by atoms with van der Waals surface area (Å²) in [6.45, 7) is 13.2. The lowest BCUT2D eigenvalue weighted by Gasteiger charge is -2.36. The summed E-state index contributed by atoms with van der Waals surface area (Å²) in [5.74, 6) is 1.66. The number of hydrogen-bond acceptors (Lipinski definition) is 2. The maximum atomic E-state index is 6.36. The monoisotopic (exact) mass is 278 g/mol. The molecular weight excluding hydrogens is 252 g/mol. The number of allylic oxidation sites excluding steroid dienone is 1. The van der Waals surface area contributed by atoms with Crippen LogP contribution >= 0.6 is 0 Å². The fraction of sp³-hybridized carbons (Fsp3) is 0.500. The molecule has 0 aliphatic carbocycles. The highest BCUT2D eigenvalue weighted by Crippen LogP contribution is 2.40. The maximum Gasteiger partial charge on any atom is 0.250 e. The van der Waals surface area contributed by atoms with Crippen LogP contribution in [0, 0.1) is 0 Å². The van der Waals surface area contributed by atoms with E-state index in [1.807, 2.05) is 25.1 Å². The highest BCUT2D eigenvalue weighted by atomic mass is 28.4. The predicted molar refractivity (Wildman–Crippen MR) is 85.5 cm³/mol. The summed E-state index contributed by atoms with van der Waals surface area (Å²) < 4.78 is 11.8. The van der Waals surface area contributed by atoms with Crippen LogP contribution in [0.3, 0.4) is 0 Å². The molecule has 0 fully saturated rings. The van der Waals surface area contributed by atoms with Crippen LogP contribution in [0.1, 0.15) is 33.3 Å². The van der Waals surface area contributed by atoms with E-state index in [1.165, 1.54) is 0 Å². The molecule has 3 heteroatoms. The first-order chi connectivity index (χ1) is 8.71. The van der Waals surface area contributed by atoms with E-state index in [4.69, 9.17) is 9.16 Å². The van der Waals surface area contributed by atoms with Crippen molar-refractivity contribution in [2.24, 2.45) is 0 Å². The summed E-state index contributed by atoms with van der Waals surface area (Å²) in [7, 11) is -0.160.